The zero-order valence-corrected chi connectivity index (χ0v) is 6.50. The van der Waals surface area contributed by atoms with Gasteiger partial charge in [0.25, 0.3) is 0 Å². The number of amides is 3. The molecule has 1 heterocycles. The lowest BCUT2D eigenvalue weighted by molar-refractivity contribution is -0.250. The van der Waals surface area contributed by atoms with Crippen LogP contribution in [0.5, 0.6) is 0 Å². The van der Waals surface area contributed by atoms with Crippen molar-refractivity contribution in [3.05, 3.63) is 0 Å². The second-order valence-corrected chi connectivity index (χ2v) is 2.43. The minimum Gasteiger partial charge on any atom is -0.530 e. The molecule has 0 spiro atoms. The molecule has 12 heavy (non-hydrogen) atoms. The van der Waals surface area contributed by atoms with Gasteiger partial charge in [-0.3, -0.25) is 0 Å². The second kappa shape index (κ2) is 3.80. The van der Waals surface area contributed by atoms with E-state index in [1.807, 2.05) is 0 Å². The fourth-order valence-corrected chi connectivity index (χ4v) is 1.02. The van der Waals surface area contributed by atoms with Crippen LogP contribution in [0.1, 0.15) is 0 Å². The Morgan fingerprint density at radius 1 is 1.75 bits per heavy atom. The number of urea groups is 1. The minimum atomic E-state index is -1.31. The first-order valence-corrected chi connectivity index (χ1v) is 3.68. The van der Waals surface area contributed by atoms with Crippen LogP contribution >= 0.6 is 0 Å². The Hall–Kier alpha value is -1.46. The van der Waals surface area contributed by atoms with Gasteiger partial charge < -0.3 is 25.4 Å². The van der Waals surface area contributed by atoms with Crippen molar-refractivity contribution in [1.82, 2.24) is 15.5 Å². The molecule has 1 saturated heterocycles. The first kappa shape index (κ1) is 8.63. The molecule has 0 aromatic carbocycles. The molecule has 2 N–H and O–H groups in total. The molecule has 0 unspecified atom stereocenters. The second-order valence-electron chi connectivity index (χ2n) is 2.43. The Morgan fingerprint density at radius 2 is 2.50 bits per heavy atom. The highest BCUT2D eigenvalue weighted by atomic mass is 16.4. The zero-order valence-electron chi connectivity index (χ0n) is 6.50. The Morgan fingerprint density at radius 3 is 3.00 bits per heavy atom. The number of nitrogens with zero attached hydrogens (tertiary/aromatic N) is 1. The van der Waals surface area contributed by atoms with Crippen LogP contribution in [-0.4, -0.2) is 43.2 Å². The molecule has 6 nitrogen and oxygen atoms in total. The van der Waals surface area contributed by atoms with Gasteiger partial charge in [-0.05, 0) is 0 Å². The molecular formula is C6H10N3O3-. The molecule has 0 aromatic rings. The average molecular weight is 172 g/mol. The predicted molar refractivity (Wildman–Crippen MR) is 38.4 cm³/mol. The Labute approximate surface area is 69.5 Å². The normalized spacial score (nSPS) is 16.0. The molecule has 6 heteroatoms. The number of carbonyl (C=O) groups is 2. The molecular weight excluding hydrogens is 162 g/mol. The van der Waals surface area contributed by atoms with E-state index in [4.69, 9.17) is 0 Å². The number of hydrogen-bond acceptors (Lipinski definition) is 3. The van der Waals surface area contributed by atoms with Crippen LogP contribution in [0.2, 0.25) is 0 Å². The van der Waals surface area contributed by atoms with Crippen molar-refractivity contribution in [3.8, 4) is 0 Å². The van der Waals surface area contributed by atoms with Crippen molar-refractivity contribution in [3.63, 3.8) is 0 Å². The third-order valence-electron chi connectivity index (χ3n) is 1.60. The van der Waals surface area contributed by atoms with E-state index in [1.54, 1.807) is 0 Å². The number of nitrogens with one attached hydrogen (secondary N) is 2. The monoisotopic (exact) mass is 172 g/mol. The first-order chi connectivity index (χ1) is 5.70. The smallest absolute Gasteiger partial charge is 0.317 e. The van der Waals surface area contributed by atoms with Crippen LogP contribution in [0, 0.1) is 0 Å². The minimum absolute atomic E-state index is 0.143. The van der Waals surface area contributed by atoms with E-state index in [1.165, 1.54) is 4.90 Å². The molecule has 0 aliphatic carbocycles. The largest absolute Gasteiger partial charge is 0.530 e. The van der Waals surface area contributed by atoms with Crippen molar-refractivity contribution >= 4 is 12.1 Å². The number of carbonyl (C=O) groups excluding carboxylic acids is 2. The van der Waals surface area contributed by atoms with Crippen molar-refractivity contribution in [2.45, 2.75) is 0 Å². The van der Waals surface area contributed by atoms with Crippen LogP contribution in [0.3, 0.4) is 0 Å². The van der Waals surface area contributed by atoms with E-state index in [9.17, 15) is 14.7 Å². The quantitative estimate of drug-likeness (QED) is 0.513. The predicted octanol–water partition coefficient (Wildman–Crippen LogP) is -2.06. The highest BCUT2D eigenvalue weighted by molar-refractivity contribution is 5.76. The van der Waals surface area contributed by atoms with Gasteiger partial charge in [-0.1, -0.05) is 0 Å². The summed E-state index contributed by atoms with van der Waals surface area (Å²) in [5, 5.41) is 14.6. The van der Waals surface area contributed by atoms with E-state index in [0.29, 0.717) is 19.6 Å². The summed E-state index contributed by atoms with van der Waals surface area (Å²) in [7, 11) is 0. The molecule has 1 fully saturated rings. The van der Waals surface area contributed by atoms with E-state index in [2.05, 4.69) is 10.6 Å². The lowest BCUT2D eigenvalue weighted by Gasteiger charge is -2.14. The van der Waals surface area contributed by atoms with Gasteiger partial charge in [-0.25, -0.2) is 4.79 Å². The topological polar surface area (TPSA) is 84.5 Å². The molecule has 1 rings (SSSR count). The van der Waals surface area contributed by atoms with Crippen molar-refractivity contribution < 1.29 is 14.7 Å². The first-order valence-electron chi connectivity index (χ1n) is 3.68. The summed E-state index contributed by atoms with van der Waals surface area (Å²) in [6, 6.07) is -0.143. The van der Waals surface area contributed by atoms with Crippen LogP contribution in [0.4, 0.5) is 9.59 Å². The number of carboxylic acid groups (broad SMARTS) is 1. The molecule has 1 aliphatic rings. The maximum absolute atomic E-state index is 10.9. The van der Waals surface area contributed by atoms with Crippen LogP contribution < -0.4 is 15.7 Å². The van der Waals surface area contributed by atoms with Crippen LogP contribution in [0.15, 0.2) is 0 Å². The highest BCUT2D eigenvalue weighted by Crippen LogP contribution is 1.93. The fourth-order valence-electron chi connectivity index (χ4n) is 1.02. The molecule has 1 aliphatic heterocycles. The zero-order chi connectivity index (χ0) is 8.97. The van der Waals surface area contributed by atoms with Gasteiger partial charge in [0.2, 0.25) is 0 Å². The summed E-state index contributed by atoms with van der Waals surface area (Å²) < 4.78 is 0. The van der Waals surface area contributed by atoms with Gasteiger partial charge in [0.15, 0.2) is 0 Å². The van der Waals surface area contributed by atoms with E-state index < -0.39 is 6.09 Å². The van der Waals surface area contributed by atoms with Crippen LogP contribution in [-0.2, 0) is 0 Å². The van der Waals surface area contributed by atoms with Gasteiger partial charge >= 0.3 is 6.03 Å². The summed E-state index contributed by atoms with van der Waals surface area (Å²) in [5.74, 6) is 0. The Kier molecular flexibility index (Phi) is 2.73. The molecule has 0 saturated carbocycles. The maximum Gasteiger partial charge on any atom is 0.317 e. The van der Waals surface area contributed by atoms with E-state index in [0.717, 1.165) is 0 Å². The summed E-state index contributed by atoms with van der Waals surface area (Å²) in [4.78, 5) is 22.3. The molecule has 0 radical (unpaired) electrons. The van der Waals surface area contributed by atoms with Gasteiger partial charge in [0, 0.05) is 26.2 Å². The molecule has 68 valence electrons. The summed E-state index contributed by atoms with van der Waals surface area (Å²) in [5.41, 5.74) is 0. The summed E-state index contributed by atoms with van der Waals surface area (Å²) in [6.07, 6.45) is -1.31. The Balaban J connectivity index is 2.14. The number of rotatable bonds is 3. The number of hydrogen-bond donors (Lipinski definition) is 2. The Bertz CT molecular complexity index is 194. The van der Waals surface area contributed by atoms with Gasteiger partial charge in [0.1, 0.15) is 6.09 Å². The molecule has 3 amide bonds. The highest BCUT2D eigenvalue weighted by Gasteiger charge is 2.17. The van der Waals surface area contributed by atoms with Gasteiger partial charge in [-0.15, -0.1) is 0 Å². The summed E-state index contributed by atoms with van der Waals surface area (Å²) >= 11 is 0. The lowest BCUT2D eigenvalue weighted by atomic mass is 10.5. The van der Waals surface area contributed by atoms with Gasteiger partial charge in [-0.2, -0.15) is 0 Å². The van der Waals surface area contributed by atoms with Crippen molar-refractivity contribution in [2.24, 2.45) is 0 Å². The standard InChI is InChI=1S/C6H11N3O3/c10-5-7-1-3-9(5)4-2-8-6(11)12/h8H,1-4H2,(H,7,10)(H,11,12)/p-1. The summed E-state index contributed by atoms with van der Waals surface area (Å²) in [6.45, 7) is 1.87. The SMILES string of the molecule is O=C([O-])NCCN1CCNC1=O. The third kappa shape index (κ3) is 2.30. The van der Waals surface area contributed by atoms with Gasteiger partial charge in [0.05, 0.1) is 0 Å². The molecule has 0 bridgehead atoms. The van der Waals surface area contributed by atoms with Crippen molar-refractivity contribution in [1.29, 1.82) is 0 Å². The molecule has 0 aromatic heterocycles. The van der Waals surface area contributed by atoms with E-state index >= 15 is 0 Å². The third-order valence-corrected chi connectivity index (χ3v) is 1.60. The maximum atomic E-state index is 10.9. The van der Waals surface area contributed by atoms with E-state index in [-0.39, 0.29) is 12.6 Å². The lowest BCUT2D eigenvalue weighted by Crippen LogP contribution is -2.42. The molecule has 0 atom stereocenters. The van der Waals surface area contributed by atoms with Crippen LogP contribution in [0.25, 0.3) is 0 Å². The average Bonchev–Trinajstić information content (AvgIpc) is 2.36. The fraction of sp³-hybridized carbons (Fsp3) is 0.667. The van der Waals surface area contributed by atoms with Crippen molar-refractivity contribution in [2.75, 3.05) is 26.2 Å².